The van der Waals surface area contributed by atoms with E-state index in [9.17, 15) is 4.79 Å². The molecule has 1 amide bonds. The lowest BCUT2D eigenvalue weighted by molar-refractivity contribution is -0.129. The van der Waals surface area contributed by atoms with Crippen molar-refractivity contribution in [1.82, 2.24) is 4.90 Å². The van der Waals surface area contributed by atoms with E-state index >= 15 is 0 Å². The molecule has 0 saturated carbocycles. The van der Waals surface area contributed by atoms with Crippen LogP contribution >= 0.6 is 35.0 Å². The van der Waals surface area contributed by atoms with Crippen LogP contribution in [0.2, 0.25) is 0 Å². The van der Waals surface area contributed by atoms with Gasteiger partial charge in [-0.05, 0) is 25.0 Å². The van der Waals surface area contributed by atoms with Gasteiger partial charge in [-0.3, -0.25) is 4.79 Å². The molecule has 18 heavy (non-hydrogen) atoms. The van der Waals surface area contributed by atoms with Crippen LogP contribution in [0.4, 0.5) is 0 Å². The van der Waals surface area contributed by atoms with Crippen LogP contribution in [0.5, 0.6) is 0 Å². The third-order valence-corrected chi connectivity index (χ3v) is 4.67. The number of hydrogen-bond donors (Lipinski definition) is 0. The van der Waals surface area contributed by atoms with E-state index in [1.165, 1.54) is 16.7 Å². The highest BCUT2D eigenvalue weighted by Gasteiger charge is 2.33. The molecule has 0 spiro atoms. The van der Waals surface area contributed by atoms with Gasteiger partial charge in [0, 0.05) is 12.3 Å². The van der Waals surface area contributed by atoms with E-state index in [2.05, 4.69) is 32.0 Å². The van der Waals surface area contributed by atoms with E-state index in [0.717, 1.165) is 5.75 Å². The number of alkyl halides is 2. The van der Waals surface area contributed by atoms with Gasteiger partial charge in [0.25, 0.3) is 5.91 Å². The maximum Gasteiger partial charge on any atom is 0.257 e. The summed E-state index contributed by atoms with van der Waals surface area (Å²) in [6.45, 7) is 4.84. The fourth-order valence-electron chi connectivity index (χ4n) is 2.18. The molecule has 5 heteroatoms. The monoisotopic (exact) mass is 303 g/mol. The molecular formula is C13H15Cl2NOS. The van der Waals surface area contributed by atoms with Gasteiger partial charge in [0.05, 0.1) is 0 Å². The van der Waals surface area contributed by atoms with Crippen LogP contribution < -0.4 is 0 Å². The molecule has 0 aliphatic carbocycles. The number of carbonyl (C=O) groups is 1. The van der Waals surface area contributed by atoms with Gasteiger partial charge in [0.15, 0.2) is 4.84 Å². The van der Waals surface area contributed by atoms with Crippen LogP contribution in [0.3, 0.4) is 0 Å². The van der Waals surface area contributed by atoms with Crippen molar-refractivity contribution in [1.29, 1.82) is 0 Å². The van der Waals surface area contributed by atoms with Crippen LogP contribution in [0, 0.1) is 13.8 Å². The van der Waals surface area contributed by atoms with Gasteiger partial charge >= 0.3 is 0 Å². The molecule has 0 unspecified atom stereocenters. The minimum atomic E-state index is -0.975. The van der Waals surface area contributed by atoms with Crippen LogP contribution in [-0.2, 0) is 4.79 Å². The van der Waals surface area contributed by atoms with Crippen molar-refractivity contribution in [3.05, 3.63) is 34.9 Å². The second kappa shape index (κ2) is 5.72. The van der Waals surface area contributed by atoms with Crippen molar-refractivity contribution in [2.45, 2.75) is 24.1 Å². The number of halogens is 2. The summed E-state index contributed by atoms with van der Waals surface area (Å²) in [6.07, 6.45) is 0. The quantitative estimate of drug-likeness (QED) is 0.777. The average Bonchev–Trinajstić information content (AvgIpc) is 2.76. The number of benzene rings is 1. The number of nitrogens with zero attached hydrogens (tertiary/aromatic N) is 1. The van der Waals surface area contributed by atoms with Crippen molar-refractivity contribution in [3.63, 3.8) is 0 Å². The van der Waals surface area contributed by atoms with Crippen molar-refractivity contribution in [2.75, 3.05) is 12.3 Å². The number of amides is 1. The first kappa shape index (κ1) is 14.0. The smallest absolute Gasteiger partial charge is 0.257 e. The van der Waals surface area contributed by atoms with Gasteiger partial charge in [-0.1, -0.05) is 47.0 Å². The molecule has 0 radical (unpaired) electrons. The molecule has 2 rings (SSSR count). The number of aryl methyl sites for hydroxylation is 2. The third kappa shape index (κ3) is 2.79. The molecule has 0 N–H and O–H groups in total. The molecule has 0 aromatic heterocycles. The SMILES string of the molecule is Cc1ccc([C@H]2SCCN2C(=O)C(Cl)Cl)c(C)c1. The minimum absolute atomic E-state index is 0.0399. The zero-order valence-corrected chi connectivity index (χ0v) is 12.6. The van der Waals surface area contributed by atoms with E-state index in [1.54, 1.807) is 16.7 Å². The Labute approximate surface area is 122 Å². The number of thioether (sulfide) groups is 1. The Morgan fingerprint density at radius 2 is 2.17 bits per heavy atom. The lowest BCUT2D eigenvalue weighted by Crippen LogP contribution is -2.34. The van der Waals surface area contributed by atoms with Gasteiger partial charge in [-0.25, -0.2) is 0 Å². The molecule has 2 nitrogen and oxygen atoms in total. The van der Waals surface area contributed by atoms with Crippen LogP contribution in [0.15, 0.2) is 18.2 Å². The first-order chi connectivity index (χ1) is 8.50. The predicted octanol–water partition coefficient (Wildman–Crippen LogP) is 3.68. The molecule has 1 fully saturated rings. The van der Waals surface area contributed by atoms with Crippen LogP contribution in [0.1, 0.15) is 22.1 Å². The second-order valence-corrected chi connectivity index (χ2v) is 6.70. The van der Waals surface area contributed by atoms with E-state index in [-0.39, 0.29) is 11.3 Å². The van der Waals surface area contributed by atoms with Crippen molar-refractivity contribution in [2.24, 2.45) is 0 Å². The maximum atomic E-state index is 12.0. The molecule has 1 saturated heterocycles. The largest absolute Gasteiger partial charge is 0.323 e. The highest BCUT2D eigenvalue weighted by atomic mass is 35.5. The Morgan fingerprint density at radius 1 is 1.44 bits per heavy atom. The third-order valence-electron chi connectivity index (χ3n) is 3.05. The number of rotatable bonds is 2. The highest BCUT2D eigenvalue weighted by molar-refractivity contribution is 7.99. The zero-order valence-electron chi connectivity index (χ0n) is 10.3. The van der Waals surface area contributed by atoms with Crippen molar-refractivity contribution >= 4 is 40.9 Å². The second-order valence-electron chi connectivity index (χ2n) is 4.42. The molecule has 1 heterocycles. The van der Waals surface area contributed by atoms with Gasteiger partial charge in [0.2, 0.25) is 0 Å². The van der Waals surface area contributed by atoms with E-state index in [4.69, 9.17) is 23.2 Å². The van der Waals surface area contributed by atoms with Gasteiger partial charge in [0.1, 0.15) is 5.37 Å². The summed E-state index contributed by atoms with van der Waals surface area (Å²) in [5, 5.41) is 0.0399. The Balaban J connectivity index is 2.29. The number of hydrogen-bond acceptors (Lipinski definition) is 2. The fourth-order valence-corrected chi connectivity index (χ4v) is 3.79. The molecule has 1 aliphatic rings. The first-order valence-corrected chi connectivity index (χ1v) is 7.70. The summed E-state index contributed by atoms with van der Waals surface area (Å²) in [5.74, 6) is 0.720. The summed E-state index contributed by atoms with van der Waals surface area (Å²) in [7, 11) is 0. The summed E-state index contributed by atoms with van der Waals surface area (Å²) < 4.78 is 0. The van der Waals surface area contributed by atoms with Gasteiger partial charge in [-0.2, -0.15) is 0 Å². The Morgan fingerprint density at radius 3 is 2.78 bits per heavy atom. The van der Waals surface area contributed by atoms with Crippen molar-refractivity contribution in [3.8, 4) is 0 Å². The molecule has 1 aliphatic heterocycles. The topological polar surface area (TPSA) is 20.3 Å². The molecule has 0 bridgehead atoms. The van der Waals surface area contributed by atoms with E-state index in [1.807, 2.05) is 0 Å². The standard InChI is InChI=1S/C13H15Cl2NOS/c1-8-3-4-10(9(2)7-8)13-16(5-6-18-13)12(17)11(14)15/h3-4,7,11,13H,5-6H2,1-2H3/t13-/m1/s1. The lowest BCUT2D eigenvalue weighted by atomic mass is 10.1. The predicted molar refractivity (Wildman–Crippen MR) is 78.3 cm³/mol. The highest BCUT2D eigenvalue weighted by Crippen LogP contribution is 2.40. The summed E-state index contributed by atoms with van der Waals surface area (Å²) in [6, 6.07) is 6.30. The molecular weight excluding hydrogens is 289 g/mol. The lowest BCUT2D eigenvalue weighted by Gasteiger charge is -2.26. The van der Waals surface area contributed by atoms with E-state index in [0.29, 0.717) is 6.54 Å². The van der Waals surface area contributed by atoms with Crippen molar-refractivity contribution < 1.29 is 4.79 Å². The van der Waals surface area contributed by atoms with Crippen LogP contribution in [-0.4, -0.2) is 27.9 Å². The summed E-state index contributed by atoms with van der Waals surface area (Å²) in [5.41, 5.74) is 3.60. The van der Waals surface area contributed by atoms with Gasteiger partial charge in [-0.15, -0.1) is 11.8 Å². The summed E-state index contributed by atoms with van der Waals surface area (Å²) in [4.78, 5) is 12.8. The fraction of sp³-hybridized carbons (Fsp3) is 0.462. The Kier molecular flexibility index (Phi) is 4.46. The maximum absolute atomic E-state index is 12.0. The van der Waals surface area contributed by atoms with Crippen LogP contribution in [0.25, 0.3) is 0 Å². The van der Waals surface area contributed by atoms with E-state index < -0.39 is 4.84 Å². The normalized spacial score (nSPS) is 19.6. The minimum Gasteiger partial charge on any atom is -0.323 e. The molecule has 98 valence electrons. The summed E-state index contributed by atoms with van der Waals surface area (Å²) >= 11 is 13.1. The Hall–Kier alpha value is -0.380. The first-order valence-electron chi connectivity index (χ1n) is 5.78. The Bertz CT molecular complexity index is 464. The van der Waals surface area contributed by atoms with Gasteiger partial charge < -0.3 is 4.90 Å². The number of carbonyl (C=O) groups excluding carboxylic acids is 1. The zero-order chi connectivity index (χ0) is 13.3. The molecule has 1 aromatic rings. The molecule has 1 atom stereocenters. The average molecular weight is 304 g/mol. The molecule has 1 aromatic carbocycles.